The summed E-state index contributed by atoms with van der Waals surface area (Å²) in [6.07, 6.45) is 14.6. The minimum Gasteiger partial charge on any atom is -0.545 e. The van der Waals surface area contributed by atoms with Crippen LogP contribution in [0.15, 0.2) is 18.2 Å². The maximum absolute atomic E-state index is 12.0. The zero-order valence-corrected chi connectivity index (χ0v) is 14.2. The Balaban J connectivity index is 1.95. The van der Waals surface area contributed by atoms with Gasteiger partial charge < -0.3 is 9.90 Å². The van der Waals surface area contributed by atoms with E-state index in [-0.39, 0.29) is 0 Å². The first-order valence-corrected chi connectivity index (χ1v) is 9.61. The molecule has 0 spiro atoms. The van der Waals surface area contributed by atoms with Crippen LogP contribution in [0, 0.1) is 0 Å². The molecule has 2 nitrogen and oxygen atoms in total. The Hall–Kier alpha value is -1.31. The molecular weight excluding hydrogens is 284 g/mol. The van der Waals surface area contributed by atoms with E-state index in [9.17, 15) is 9.90 Å². The SMILES string of the molecule is O=C([O-])c1c(C2CCCCCC2)cccc1C1CCCCCC1. The van der Waals surface area contributed by atoms with Crippen molar-refractivity contribution in [3.05, 3.63) is 34.9 Å². The van der Waals surface area contributed by atoms with Crippen molar-refractivity contribution in [2.75, 3.05) is 0 Å². The Morgan fingerprint density at radius 3 is 1.48 bits per heavy atom. The van der Waals surface area contributed by atoms with E-state index in [1.807, 2.05) is 0 Å². The first-order valence-electron chi connectivity index (χ1n) is 9.61. The zero-order valence-electron chi connectivity index (χ0n) is 14.2. The lowest BCUT2D eigenvalue weighted by molar-refractivity contribution is -0.255. The topological polar surface area (TPSA) is 40.1 Å². The van der Waals surface area contributed by atoms with Gasteiger partial charge in [-0.15, -0.1) is 0 Å². The van der Waals surface area contributed by atoms with E-state index < -0.39 is 5.97 Å². The summed E-state index contributed by atoms with van der Waals surface area (Å²) in [7, 11) is 0. The Labute approximate surface area is 140 Å². The van der Waals surface area contributed by atoms with Crippen molar-refractivity contribution in [1.29, 1.82) is 0 Å². The molecule has 0 saturated heterocycles. The number of hydrogen-bond acceptors (Lipinski definition) is 2. The number of carbonyl (C=O) groups is 1. The minimum absolute atomic E-state index is 0.413. The number of carbonyl (C=O) groups excluding carboxylic acids is 1. The molecule has 0 unspecified atom stereocenters. The third-order valence-electron chi connectivity index (χ3n) is 5.92. The van der Waals surface area contributed by atoms with Gasteiger partial charge in [0, 0.05) is 5.56 Å². The van der Waals surface area contributed by atoms with E-state index in [0.717, 1.165) is 36.8 Å². The molecule has 0 amide bonds. The van der Waals surface area contributed by atoms with Gasteiger partial charge in [0.05, 0.1) is 5.97 Å². The summed E-state index contributed by atoms with van der Waals surface area (Å²) in [4.78, 5) is 12.0. The highest BCUT2D eigenvalue weighted by Gasteiger charge is 2.23. The van der Waals surface area contributed by atoms with Crippen molar-refractivity contribution >= 4 is 5.97 Å². The van der Waals surface area contributed by atoms with Crippen LogP contribution in [0.1, 0.15) is 110 Å². The van der Waals surface area contributed by atoms with Gasteiger partial charge in [0.1, 0.15) is 0 Å². The first-order chi connectivity index (χ1) is 11.3. The molecule has 0 atom stereocenters. The number of aromatic carboxylic acids is 1. The molecule has 0 heterocycles. The third-order valence-corrected chi connectivity index (χ3v) is 5.92. The van der Waals surface area contributed by atoms with Crippen LogP contribution >= 0.6 is 0 Å². The standard InChI is InChI=1S/C21H30O2/c22-21(23)20-18(16-10-5-1-2-6-11-16)14-9-15-19(20)17-12-7-3-4-8-13-17/h9,14-17H,1-8,10-13H2,(H,22,23)/p-1. The van der Waals surface area contributed by atoms with Gasteiger partial charge in [0.15, 0.2) is 0 Å². The average Bonchev–Trinajstić information content (AvgIpc) is 2.99. The fraction of sp³-hybridized carbons (Fsp3) is 0.667. The van der Waals surface area contributed by atoms with E-state index in [0.29, 0.717) is 17.4 Å². The van der Waals surface area contributed by atoms with E-state index in [1.54, 1.807) is 0 Å². The molecule has 0 N–H and O–H groups in total. The lowest BCUT2D eigenvalue weighted by Gasteiger charge is -2.25. The van der Waals surface area contributed by atoms with Crippen LogP contribution < -0.4 is 5.11 Å². The smallest absolute Gasteiger partial charge is 0.0721 e. The molecule has 126 valence electrons. The van der Waals surface area contributed by atoms with E-state index in [1.165, 1.54) is 51.4 Å². The summed E-state index contributed by atoms with van der Waals surface area (Å²) in [5.74, 6) is -0.128. The van der Waals surface area contributed by atoms with Crippen LogP contribution in [0.25, 0.3) is 0 Å². The van der Waals surface area contributed by atoms with Crippen LogP contribution in [0.3, 0.4) is 0 Å². The van der Waals surface area contributed by atoms with Crippen LogP contribution in [-0.4, -0.2) is 5.97 Å². The fourth-order valence-electron chi connectivity index (χ4n) is 4.69. The van der Waals surface area contributed by atoms with Crippen molar-refractivity contribution < 1.29 is 9.90 Å². The van der Waals surface area contributed by atoms with E-state index >= 15 is 0 Å². The molecule has 3 rings (SSSR count). The van der Waals surface area contributed by atoms with Gasteiger partial charge >= 0.3 is 0 Å². The third kappa shape index (κ3) is 3.97. The maximum Gasteiger partial charge on any atom is 0.0721 e. The normalized spacial score (nSPS) is 21.6. The largest absolute Gasteiger partial charge is 0.545 e. The summed E-state index contributed by atoms with van der Waals surface area (Å²) in [6.45, 7) is 0. The number of carboxylic acid groups (broad SMARTS) is 1. The Kier molecular flexibility index (Phi) is 5.75. The molecule has 1 aromatic rings. The van der Waals surface area contributed by atoms with Crippen LogP contribution in [0.4, 0.5) is 0 Å². The molecule has 0 bridgehead atoms. The lowest BCUT2D eigenvalue weighted by atomic mass is 9.81. The van der Waals surface area contributed by atoms with Crippen molar-refractivity contribution in [2.24, 2.45) is 0 Å². The Morgan fingerprint density at radius 1 is 0.739 bits per heavy atom. The lowest BCUT2D eigenvalue weighted by Crippen LogP contribution is -2.27. The average molecular weight is 313 g/mol. The van der Waals surface area contributed by atoms with Crippen LogP contribution in [0.5, 0.6) is 0 Å². The minimum atomic E-state index is -0.955. The monoisotopic (exact) mass is 313 g/mol. The second-order valence-corrected chi connectivity index (χ2v) is 7.48. The van der Waals surface area contributed by atoms with Gasteiger partial charge in [0.25, 0.3) is 0 Å². The molecule has 23 heavy (non-hydrogen) atoms. The van der Waals surface area contributed by atoms with Crippen molar-refractivity contribution in [3.63, 3.8) is 0 Å². The molecule has 2 fully saturated rings. The van der Waals surface area contributed by atoms with Crippen LogP contribution in [0.2, 0.25) is 0 Å². The predicted molar refractivity (Wildman–Crippen MR) is 91.7 cm³/mol. The summed E-state index contributed by atoms with van der Waals surface area (Å²) in [6, 6.07) is 6.20. The van der Waals surface area contributed by atoms with E-state index in [2.05, 4.69) is 18.2 Å². The highest BCUT2D eigenvalue weighted by molar-refractivity contribution is 5.90. The highest BCUT2D eigenvalue weighted by atomic mass is 16.4. The summed E-state index contributed by atoms with van der Waals surface area (Å²) in [5.41, 5.74) is 2.67. The van der Waals surface area contributed by atoms with Crippen molar-refractivity contribution in [1.82, 2.24) is 0 Å². The van der Waals surface area contributed by atoms with Crippen molar-refractivity contribution in [2.45, 2.75) is 88.9 Å². The molecule has 0 radical (unpaired) electrons. The molecule has 0 aliphatic heterocycles. The Bertz CT molecular complexity index is 480. The summed E-state index contributed by atoms with van der Waals surface area (Å²) >= 11 is 0. The summed E-state index contributed by atoms with van der Waals surface area (Å²) in [5, 5.41) is 12.0. The second kappa shape index (κ2) is 7.99. The number of hydrogen-bond donors (Lipinski definition) is 0. The number of rotatable bonds is 3. The first kappa shape index (κ1) is 16.5. The van der Waals surface area contributed by atoms with Gasteiger partial charge in [-0.3, -0.25) is 0 Å². The van der Waals surface area contributed by atoms with Gasteiger partial charge in [-0.2, -0.15) is 0 Å². The molecular formula is C21H29O2-. The quantitative estimate of drug-likeness (QED) is 0.743. The second-order valence-electron chi connectivity index (χ2n) is 7.48. The molecule has 1 aromatic carbocycles. The molecule has 2 aliphatic rings. The summed E-state index contributed by atoms with van der Waals surface area (Å²) < 4.78 is 0. The van der Waals surface area contributed by atoms with Crippen molar-refractivity contribution in [3.8, 4) is 0 Å². The van der Waals surface area contributed by atoms with E-state index in [4.69, 9.17) is 0 Å². The van der Waals surface area contributed by atoms with Crippen LogP contribution in [-0.2, 0) is 0 Å². The fourth-order valence-corrected chi connectivity index (χ4v) is 4.69. The van der Waals surface area contributed by atoms with Gasteiger partial charge in [-0.25, -0.2) is 0 Å². The molecule has 2 aliphatic carbocycles. The van der Waals surface area contributed by atoms with Gasteiger partial charge in [-0.05, 0) is 48.6 Å². The maximum atomic E-state index is 12.0. The number of benzene rings is 1. The predicted octanol–water partition coefficient (Wildman–Crippen LogP) is 4.93. The van der Waals surface area contributed by atoms with Gasteiger partial charge in [-0.1, -0.05) is 69.6 Å². The zero-order chi connectivity index (χ0) is 16.1. The van der Waals surface area contributed by atoms with Gasteiger partial charge in [0.2, 0.25) is 0 Å². The molecule has 0 aromatic heterocycles. The number of carboxylic acids is 1. The Morgan fingerprint density at radius 2 is 1.13 bits per heavy atom. The highest BCUT2D eigenvalue weighted by Crippen LogP contribution is 2.39. The molecule has 2 heteroatoms. The molecule has 2 saturated carbocycles.